The number of hydrogen-bond donors (Lipinski definition) is 2. The average molecular weight is 319 g/mol. The molecule has 0 saturated heterocycles. The van der Waals surface area contributed by atoms with E-state index in [2.05, 4.69) is 15.6 Å². The Morgan fingerprint density at radius 3 is 2.27 bits per heavy atom. The quantitative estimate of drug-likeness (QED) is 0.350. The van der Waals surface area contributed by atoms with Gasteiger partial charge in [-0.05, 0) is 37.0 Å². The Bertz CT molecular complexity index is 455. The van der Waals surface area contributed by atoms with Crippen LogP contribution in [0.25, 0.3) is 0 Å². The zero-order valence-electron chi connectivity index (χ0n) is 12.5. The molecule has 124 valence electrons. The molecule has 0 aliphatic heterocycles. The summed E-state index contributed by atoms with van der Waals surface area (Å²) in [5, 5.41) is 6.03. The van der Waals surface area contributed by atoms with Crippen molar-refractivity contribution in [2.75, 3.05) is 20.1 Å². The van der Waals surface area contributed by atoms with Gasteiger partial charge in [0.2, 0.25) is 0 Å². The first-order chi connectivity index (χ1) is 10.4. The Balaban J connectivity index is 2.16. The first kappa shape index (κ1) is 18.3. The summed E-state index contributed by atoms with van der Waals surface area (Å²) in [7, 11) is 1.60. The number of nitrogens with zero attached hydrogens (tertiary/aromatic N) is 1. The van der Waals surface area contributed by atoms with Gasteiger partial charge < -0.3 is 10.6 Å². The number of halogens is 4. The highest BCUT2D eigenvalue weighted by molar-refractivity contribution is 5.79. The molecule has 0 bridgehead atoms. The van der Waals surface area contributed by atoms with E-state index in [0.717, 1.165) is 5.56 Å². The lowest BCUT2D eigenvalue weighted by Crippen LogP contribution is -2.38. The van der Waals surface area contributed by atoms with E-state index in [1.807, 2.05) is 0 Å². The molecule has 0 spiro atoms. The van der Waals surface area contributed by atoms with E-state index in [1.165, 1.54) is 12.1 Å². The van der Waals surface area contributed by atoms with Crippen LogP contribution in [0.5, 0.6) is 0 Å². The first-order valence-corrected chi connectivity index (χ1v) is 7.16. The lowest BCUT2D eigenvalue weighted by molar-refractivity contribution is -0.135. The second-order valence-corrected chi connectivity index (χ2v) is 4.87. The third kappa shape index (κ3) is 8.49. The van der Waals surface area contributed by atoms with Crippen molar-refractivity contribution in [2.45, 2.75) is 31.9 Å². The molecule has 2 N–H and O–H groups in total. The largest absolute Gasteiger partial charge is 0.389 e. The van der Waals surface area contributed by atoms with Crippen molar-refractivity contribution in [2.24, 2.45) is 4.99 Å². The van der Waals surface area contributed by atoms with Crippen LogP contribution >= 0.6 is 0 Å². The van der Waals surface area contributed by atoms with E-state index in [9.17, 15) is 17.6 Å². The predicted molar refractivity (Wildman–Crippen MR) is 79.4 cm³/mol. The molecule has 0 atom stereocenters. The Morgan fingerprint density at radius 1 is 1.05 bits per heavy atom. The fourth-order valence-electron chi connectivity index (χ4n) is 1.85. The molecule has 7 heteroatoms. The zero-order chi connectivity index (χ0) is 16.4. The van der Waals surface area contributed by atoms with Gasteiger partial charge in [0.25, 0.3) is 0 Å². The fraction of sp³-hybridized carbons (Fsp3) is 0.533. The van der Waals surface area contributed by atoms with Crippen molar-refractivity contribution in [3.63, 3.8) is 0 Å². The van der Waals surface area contributed by atoms with E-state index in [4.69, 9.17) is 0 Å². The van der Waals surface area contributed by atoms with Crippen molar-refractivity contribution in [1.29, 1.82) is 0 Å². The molecule has 0 heterocycles. The van der Waals surface area contributed by atoms with E-state index in [0.29, 0.717) is 31.9 Å². The molecule has 1 aromatic rings. The van der Waals surface area contributed by atoms with Gasteiger partial charge in [-0.1, -0.05) is 12.1 Å². The van der Waals surface area contributed by atoms with Gasteiger partial charge in [0, 0.05) is 26.6 Å². The Hall–Kier alpha value is -1.79. The molecule has 1 aromatic carbocycles. The second-order valence-electron chi connectivity index (χ2n) is 4.87. The summed E-state index contributed by atoms with van der Waals surface area (Å²) >= 11 is 0. The molecular formula is C15H21F4N3. The summed E-state index contributed by atoms with van der Waals surface area (Å²) in [4.78, 5) is 3.99. The lowest BCUT2D eigenvalue weighted by Gasteiger charge is -2.12. The van der Waals surface area contributed by atoms with E-state index >= 15 is 0 Å². The average Bonchev–Trinajstić information content (AvgIpc) is 2.46. The topological polar surface area (TPSA) is 36.4 Å². The van der Waals surface area contributed by atoms with Crippen LogP contribution in [0, 0.1) is 5.82 Å². The van der Waals surface area contributed by atoms with Crippen LogP contribution in [0.3, 0.4) is 0 Å². The highest BCUT2D eigenvalue weighted by Gasteiger charge is 2.25. The van der Waals surface area contributed by atoms with Gasteiger partial charge in [-0.3, -0.25) is 4.99 Å². The molecule has 0 amide bonds. The summed E-state index contributed by atoms with van der Waals surface area (Å²) in [5.41, 5.74) is 0.995. The maximum atomic E-state index is 12.8. The summed E-state index contributed by atoms with van der Waals surface area (Å²) in [6.07, 6.45) is -3.61. The number of alkyl halides is 3. The second kappa shape index (κ2) is 9.27. The number of unbranched alkanes of at least 4 members (excludes halogenated alkanes) is 1. The van der Waals surface area contributed by atoms with Crippen LogP contribution in [-0.4, -0.2) is 32.3 Å². The number of hydrogen-bond acceptors (Lipinski definition) is 1. The number of guanidine groups is 1. The maximum absolute atomic E-state index is 12.8. The minimum Gasteiger partial charge on any atom is -0.356 e. The highest BCUT2D eigenvalue weighted by atomic mass is 19.4. The van der Waals surface area contributed by atoms with Gasteiger partial charge in [0.05, 0.1) is 0 Å². The fourth-order valence-corrected chi connectivity index (χ4v) is 1.85. The monoisotopic (exact) mass is 319 g/mol. The molecule has 0 aromatic heterocycles. The molecule has 22 heavy (non-hydrogen) atoms. The van der Waals surface area contributed by atoms with Crippen molar-refractivity contribution >= 4 is 5.96 Å². The predicted octanol–water partition coefficient (Wildman–Crippen LogP) is 3.27. The number of nitrogens with one attached hydrogen (secondary N) is 2. The summed E-state index contributed by atoms with van der Waals surface area (Å²) in [5.74, 6) is 0.280. The van der Waals surface area contributed by atoms with Crippen molar-refractivity contribution in [3.8, 4) is 0 Å². The first-order valence-electron chi connectivity index (χ1n) is 7.16. The molecule has 1 rings (SSSR count). The van der Waals surface area contributed by atoms with Crippen LogP contribution in [-0.2, 0) is 6.42 Å². The molecule has 0 fully saturated rings. The molecule has 0 unspecified atom stereocenters. The van der Waals surface area contributed by atoms with Crippen LogP contribution in [0.4, 0.5) is 17.6 Å². The summed E-state index contributed by atoms with van der Waals surface area (Å²) in [6.45, 7) is 1.04. The molecular weight excluding hydrogens is 298 g/mol. The van der Waals surface area contributed by atoms with Crippen LogP contribution in [0.1, 0.15) is 24.8 Å². The summed E-state index contributed by atoms with van der Waals surface area (Å²) < 4.78 is 48.7. The Kier molecular flexibility index (Phi) is 7.70. The number of rotatable bonds is 7. The van der Waals surface area contributed by atoms with E-state index < -0.39 is 12.6 Å². The van der Waals surface area contributed by atoms with Crippen LogP contribution in [0.2, 0.25) is 0 Å². The molecule has 0 aliphatic carbocycles. The van der Waals surface area contributed by atoms with Crippen molar-refractivity contribution in [1.82, 2.24) is 10.6 Å². The minimum absolute atomic E-state index is 0.100. The SMILES string of the molecule is CN=C(NCCCCC(F)(F)F)NCCc1ccc(F)cc1. The van der Waals surface area contributed by atoms with E-state index in [-0.39, 0.29) is 12.2 Å². The number of benzene rings is 1. The minimum atomic E-state index is -4.09. The molecule has 0 radical (unpaired) electrons. The third-order valence-corrected chi connectivity index (χ3v) is 3.02. The molecule has 0 aliphatic rings. The number of aliphatic imine (C=N–C) groups is 1. The van der Waals surface area contributed by atoms with Gasteiger partial charge in [0.15, 0.2) is 5.96 Å². The zero-order valence-corrected chi connectivity index (χ0v) is 12.5. The Morgan fingerprint density at radius 2 is 1.68 bits per heavy atom. The third-order valence-electron chi connectivity index (χ3n) is 3.02. The van der Waals surface area contributed by atoms with Gasteiger partial charge in [-0.25, -0.2) is 4.39 Å². The van der Waals surface area contributed by atoms with E-state index in [1.54, 1.807) is 19.2 Å². The van der Waals surface area contributed by atoms with Crippen molar-refractivity contribution < 1.29 is 17.6 Å². The lowest BCUT2D eigenvalue weighted by atomic mass is 10.1. The highest BCUT2D eigenvalue weighted by Crippen LogP contribution is 2.21. The molecule has 3 nitrogen and oxygen atoms in total. The van der Waals surface area contributed by atoms with Gasteiger partial charge in [-0.15, -0.1) is 0 Å². The Labute approximate surface area is 127 Å². The van der Waals surface area contributed by atoms with Crippen molar-refractivity contribution in [3.05, 3.63) is 35.6 Å². The van der Waals surface area contributed by atoms with Gasteiger partial charge in [0.1, 0.15) is 5.82 Å². The standard InChI is InChI=1S/C15H21F4N3/c1-20-14(21-10-3-2-9-15(17,18)19)22-11-8-12-4-6-13(16)7-5-12/h4-7H,2-3,8-11H2,1H3,(H2,20,21,22). The summed E-state index contributed by atoms with van der Waals surface area (Å²) in [6, 6.07) is 6.24. The normalized spacial score (nSPS) is 12.3. The van der Waals surface area contributed by atoms with Crippen LogP contribution in [0.15, 0.2) is 29.3 Å². The smallest absolute Gasteiger partial charge is 0.356 e. The van der Waals surface area contributed by atoms with Gasteiger partial charge >= 0.3 is 6.18 Å². The van der Waals surface area contributed by atoms with Crippen LogP contribution < -0.4 is 10.6 Å². The maximum Gasteiger partial charge on any atom is 0.389 e. The molecule has 0 saturated carbocycles. The van der Waals surface area contributed by atoms with Gasteiger partial charge in [-0.2, -0.15) is 13.2 Å².